The largest absolute Gasteiger partial charge is 0.354 e. The van der Waals surface area contributed by atoms with Crippen LogP contribution in [0.1, 0.15) is 13.8 Å². The first-order valence-corrected chi connectivity index (χ1v) is 3.50. The molecule has 0 radical (unpaired) electrons. The summed E-state index contributed by atoms with van der Waals surface area (Å²) in [5.41, 5.74) is 0. The highest BCUT2D eigenvalue weighted by atomic mass is 16.1. The highest BCUT2D eigenvalue weighted by molar-refractivity contribution is 5.82. The maximum atomic E-state index is 10.8. The van der Waals surface area contributed by atoms with Gasteiger partial charge in [-0.15, -0.1) is 0 Å². The number of hydrogen-bond donors (Lipinski definition) is 2. The van der Waals surface area contributed by atoms with Crippen LogP contribution in [0.2, 0.25) is 0 Å². The van der Waals surface area contributed by atoms with Gasteiger partial charge in [0.1, 0.15) is 5.78 Å². The van der Waals surface area contributed by atoms with Gasteiger partial charge in [0.15, 0.2) is 0 Å². The van der Waals surface area contributed by atoms with Crippen molar-refractivity contribution in [3.05, 3.63) is 0 Å². The molecule has 0 aromatic carbocycles. The summed E-state index contributed by atoms with van der Waals surface area (Å²) in [6.45, 7) is 3.27. The predicted octanol–water partition coefficient (Wildman–Crippen LogP) is -0.701. The molecule has 4 nitrogen and oxygen atoms in total. The first-order valence-electron chi connectivity index (χ1n) is 3.50. The molecule has 0 aromatic rings. The normalized spacial score (nSPS) is 12.3. The number of carbonyl (C=O) groups is 2. The Labute approximate surface area is 66.4 Å². The predicted molar refractivity (Wildman–Crippen MR) is 42.2 cm³/mol. The van der Waals surface area contributed by atoms with Gasteiger partial charge in [0.05, 0.1) is 6.04 Å². The van der Waals surface area contributed by atoms with Crippen LogP contribution in [0.3, 0.4) is 0 Å². The van der Waals surface area contributed by atoms with Gasteiger partial charge in [0.25, 0.3) is 0 Å². The summed E-state index contributed by atoms with van der Waals surface area (Å²) >= 11 is 0. The minimum atomic E-state index is -0.265. The molecule has 0 unspecified atom stereocenters. The fraction of sp³-hybridized carbons (Fsp3) is 0.714. The van der Waals surface area contributed by atoms with Gasteiger partial charge in [-0.2, -0.15) is 0 Å². The van der Waals surface area contributed by atoms with Crippen LogP contribution in [0.4, 0.5) is 0 Å². The zero-order chi connectivity index (χ0) is 8.85. The molecule has 0 spiro atoms. The van der Waals surface area contributed by atoms with E-state index in [9.17, 15) is 9.59 Å². The third kappa shape index (κ3) is 4.50. The zero-order valence-electron chi connectivity index (χ0n) is 7.10. The Bertz CT molecular complexity index is 157. The van der Waals surface area contributed by atoms with Crippen molar-refractivity contribution in [1.82, 2.24) is 10.6 Å². The van der Waals surface area contributed by atoms with Gasteiger partial charge in [-0.3, -0.25) is 9.59 Å². The summed E-state index contributed by atoms with van der Waals surface area (Å²) in [6, 6.07) is -0.265. The van der Waals surface area contributed by atoms with Crippen molar-refractivity contribution < 1.29 is 9.59 Å². The van der Waals surface area contributed by atoms with Crippen molar-refractivity contribution in [1.29, 1.82) is 0 Å². The third-order valence-corrected chi connectivity index (χ3v) is 1.39. The van der Waals surface area contributed by atoms with E-state index in [-0.39, 0.29) is 17.7 Å². The molecule has 1 atom stereocenters. The van der Waals surface area contributed by atoms with Crippen molar-refractivity contribution in [2.75, 3.05) is 13.6 Å². The van der Waals surface area contributed by atoms with E-state index in [4.69, 9.17) is 0 Å². The number of nitrogens with one attached hydrogen (secondary N) is 2. The molecule has 4 heteroatoms. The molecule has 2 N–H and O–H groups in total. The fourth-order valence-corrected chi connectivity index (χ4v) is 0.695. The molecule has 0 saturated heterocycles. The van der Waals surface area contributed by atoms with Crippen molar-refractivity contribution in [2.24, 2.45) is 0 Å². The van der Waals surface area contributed by atoms with Crippen LogP contribution in [0.15, 0.2) is 0 Å². The maximum Gasteiger partial charge on any atom is 0.216 e. The lowest BCUT2D eigenvalue weighted by molar-refractivity contribution is -0.120. The lowest BCUT2D eigenvalue weighted by atomic mass is 10.2. The van der Waals surface area contributed by atoms with Crippen molar-refractivity contribution in [2.45, 2.75) is 19.9 Å². The van der Waals surface area contributed by atoms with E-state index in [0.29, 0.717) is 6.54 Å². The van der Waals surface area contributed by atoms with E-state index in [2.05, 4.69) is 10.6 Å². The van der Waals surface area contributed by atoms with Gasteiger partial charge in [-0.05, 0) is 14.0 Å². The van der Waals surface area contributed by atoms with Crippen LogP contribution in [0.25, 0.3) is 0 Å². The molecule has 0 fully saturated rings. The van der Waals surface area contributed by atoms with Crippen molar-refractivity contribution >= 4 is 11.7 Å². The second kappa shape index (κ2) is 4.85. The van der Waals surface area contributed by atoms with Crippen molar-refractivity contribution in [3.8, 4) is 0 Å². The van der Waals surface area contributed by atoms with Gasteiger partial charge in [0.2, 0.25) is 5.91 Å². The Morgan fingerprint density at radius 3 is 2.18 bits per heavy atom. The number of ketones is 1. The van der Waals surface area contributed by atoms with E-state index in [1.165, 1.54) is 13.8 Å². The van der Waals surface area contributed by atoms with Crippen LogP contribution in [-0.4, -0.2) is 31.3 Å². The third-order valence-electron chi connectivity index (χ3n) is 1.39. The summed E-state index contributed by atoms with van der Waals surface area (Å²) in [5.74, 6) is -0.0900. The van der Waals surface area contributed by atoms with Gasteiger partial charge in [0, 0.05) is 13.5 Å². The molecule has 0 aliphatic carbocycles. The monoisotopic (exact) mass is 158 g/mol. The van der Waals surface area contributed by atoms with E-state index in [1.54, 1.807) is 7.05 Å². The quantitative estimate of drug-likeness (QED) is 0.568. The number of amides is 1. The second-order valence-corrected chi connectivity index (χ2v) is 2.39. The fourth-order valence-electron chi connectivity index (χ4n) is 0.695. The van der Waals surface area contributed by atoms with Crippen LogP contribution in [0.5, 0.6) is 0 Å². The van der Waals surface area contributed by atoms with Gasteiger partial charge in [-0.25, -0.2) is 0 Å². The second-order valence-electron chi connectivity index (χ2n) is 2.39. The molecular formula is C7H14N2O2. The molecule has 0 heterocycles. The van der Waals surface area contributed by atoms with Gasteiger partial charge < -0.3 is 10.6 Å². The van der Waals surface area contributed by atoms with E-state index >= 15 is 0 Å². The Hall–Kier alpha value is -0.900. The number of Topliss-reactive ketones (excluding diaryl/α,β-unsaturated/α-hetero) is 1. The molecule has 1 amide bonds. The Balaban J connectivity index is 3.70. The Kier molecular flexibility index (Phi) is 4.45. The summed E-state index contributed by atoms with van der Waals surface area (Å²) in [5, 5.41) is 5.35. The summed E-state index contributed by atoms with van der Waals surface area (Å²) < 4.78 is 0. The topological polar surface area (TPSA) is 58.2 Å². The lowest BCUT2D eigenvalue weighted by Gasteiger charge is -2.11. The number of hydrogen-bond acceptors (Lipinski definition) is 3. The first kappa shape index (κ1) is 10.1. The Morgan fingerprint density at radius 1 is 1.36 bits per heavy atom. The molecule has 0 bridgehead atoms. The molecule has 0 aliphatic rings. The lowest BCUT2D eigenvalue weighted by Crippen LogP contribution is -2.42. The molecule has 0 aromatic heterocycles. The standard InChI is InChI=1S/C7H14N2O2/c1-5(10)7(8-3)4-9-6(2)11/h7-8H,4H2,1-3H3,(H,9,11)/t7-/m0/s1. The minimum absolute atomic E-state index is 0.0289. The molecule has 11 heavy (non-hydrogen) atoms. The Morgan fingerprint density at radius 2 is 1.91 bits per heavy atom. The van der Waals surface area contributed by atoms with Crippen molar-refractivity contribution in [3.63, 3.8) is 0 Å². The van der Waals surface area contributed by atoms with E-state index in [0.717, 1.165) is 0 Å². The smallest absolute Gasteiger partial charge is 0.216 e. The molecular weight excluding hydrogens is 144 g/mol. The highest BCUT2D eigenvalue weighted by Crippen LogP contribution is 1.81. The van der Waals surface area contributed by atoms with E-state index < -0.39 is 0 Å². The summed E-state index contributed by atoms with van der Waals surface area (Å²) in [4.78, 5) is 21.2. The minimum Gasteiger partial charge on any atom is -0.354 e. The molecule has 0 rings (SSSR count). The first-order chi connectivity index (χ1) is 5.07. The SMILES string of the molecule is CN[C@@H](CNC(C)=O)C(C)=O. The van der Waals surface area contributed by atoms with Gasteiger partial charge in [-0.1, -0.05) is 0 Å². The molecule has 0 saturated carbocycles. The van der Waals surface area contributed by atoms with Crippen LogP contribution in [0, 0.1) is 0 Å². The highest BCUT2D eigenvalue weighted by Gasteiger charge is 2.10. The maximum absolute atomic E-state index is 10.8. The summed E-state index contributed by atoms with van der Waals surface area (Å²) in [6.07, 6.45) is 0. The molecule has 0 aliphatic heterocycles. The average molecular weight is 158 g/mol. The average Bonchev–Trinajstić information content (AvgIpc) is 1.87. The van der Waals surface area contributed by atoms with Crippen LogP contribution >= 0.6 is 0 Å². The molecule has 64 valence electrons. The summed E-state index contributed by atoms with van der Waals surface area (Å²) in [7, 11) is 1.69. The number of carbonyl (C=O) groups excluding carboxylic acids is 2. The zero-order valence-corrected chi connectivity index (χ0v) is 7.10. The number of likely N-dealkylation sites (N-methyl/N-ethyl adjacent to an activating group) is 1. The van der Waals surface area contributed by atoms with Crippen LogP contribution in [-0.2, 0) is 9.59 Å². The van der Waals surface area contributed by atoms with E-state index in [1.807, 2.05) is 0 Å². The number of rotatable bonds is 4. The van der Waals surface area contributed by atoms with Crippen LogP contribution < -0.4 is 10.6 Å². The van der Waals surface area contributed by atoms with Gasteiger partial charge >= 0.3 is 0 Å².